The fraction of sp³-hybridized carbons (Fsp3) is 0.412. The van der Waals surface area contributed by atoms with Gasteiger partial charge in [-0.15, -0.1) is 35.3 Å². The highest BCUT2D eigenvalue weighted by Gasteiger charge is 2.21. The first-order valence-corrected chi connectivity index (χ1v) is 8.54. The van der Waals surface area contributed by atoms with E-state index in [0.29, 0.717) is 0 Å². The van der Waals surface area contributed by atoms with Crippen molar-refractivity contribution in [2.75, 3.05) is 13.6 Å². The second-order valence-electron chi connectivity index (χ2n) is 5.64. The second kappa shape index (κ2) is 8.63. The summed E-state index contributed by atoms with van der Waals surface area (Å²) in [6.07, 6.45) is 2.69. The normalized spacial score (nSPS) is 14.3. The van der Waals surface area contributed by atoms with Crippen LogP contribution in [0.15, 0.2) is 35.3 Å². The lowest BCUT2D eigenvalue weighted by molar-refractivity contribution is 0.738. The quantitative estimate of drug-likeness (QED) is 0.421. The zero-order valence-corrected chi connectivity index (χ0v) is 16.7. The lowest BCUT2D eigenvalue weighted by Gasteiger charge is -2.10. The van der Waals surface area contributed by atoms with Crippen LogP contribution in [0.3, 0.4) is 0 Å². The van der Waals surface area contributed by atoms with Gasteiger partial charge in [0.15, 0.2) is 5.96 Å². The van der Waals surface area contributed by atoms with Gasteiger partial charge in [0.05, 0.1) is 12.2 Å². The minimum Gasteiger partial charge on any atom is -0.356 e. The number of benzene rings is 1. The average molecular weight is 442 g/mol. The van der Waals surface area contributed by atoms with Gasteiger partial charge in [-0.05, 0) is 25.7 Å². The molecule has 2 aromatic rings. The molecular formula is C17H23IN4S. The van der Waals surface area contributed by atoms with Gasteiger partial charge in [-0.3, -0.25) is 4.99 Å². The number of thiazole rings is 1. The van der Waals surface area contributed by atoms with Crippen LogP contribution in [0.1, 0.15) is 23.4 Å². The van der Waals surface area contributed by atoms with Gasteiger partial charge in [-0.2, -0.15) is 0 Å². The van der Waals surface area contributed by atoms with Gasteiger partial charge in [-0.1, -0.05) is 30.3 Å². The first-order valence-electron chi connectivity index (χ1n) is 7.72. The van der Waals surface area contributed by atoms with Crippen molar-refractivity contribution in [3.8, 4) is 10.6 Å². The molecule has 4 nitrogen and oxygen atoms in total. The molecule has 2 N–H and O–H groups in total. The minimum absolute atomic E-state index is 0. The Labute approximate surface area is 158 Å². The van der Waals surface area contributed by atoms with Crippen LogP contribution in [-0.4, -0.2) is 24.5 Å². The van der Waals surface area contributed by atoms with Crippen molar-refractivity contribution in [3.63, 3.8) is 0 Å². The molecule has 124 valence electrons. The lowest BCUT2D eigenvalue weighted by atomic mass is 10.2. The largest absolute Gasteiger partial charge is 0.356 e. The van der Waals surface area contributed by atoms with Crippen LogP contribution in [0.4, 0.5) is 0 Å². The molecule has 1 aromatic carbocycles. The van der Waals surface area contributed by atoms with E-state index < -0.39 is 0 Å². The number of guanidine groups is 1. The fourth-order valence-corrected chi connectivity index (χ4v) is 3.25. The number of nitrogens with zero attached hydrogens (tertiary/aromatic N) is 2. The van der Waals surface area contributed by atoms with Gasteiger partial charge in [0.25, 0.3) is 0 Å². The predicted octanol–water partition coefficient (Wildman–Crippen LogP) is 3.81. The Bertz CT molecular complexity index is 650. The molecule has 1 saturated carbocycles. The first kappa shape index (κ1) is 18.2. The summed E-state index contributed by atoms with van der Waals surface area (Å²) in [6.45, 7) is 3.86. The maximum atomic E-state index is 4.69. The summed E-state index contributed by atoms with van der Waals surface area (Å²) in [4.78, 5) is 10.2. The molecule has 3 rings (SSSR count). The third-order valence-corrected chi connectivity index (χ3v) is 5.01. The summed E-state index contributed by atoms with van der Waals surface area (Å²) in [7, 11) is 1.82. The molecule has 0 aliphatic heterocycles. The van der Waals surface area contributed by atoms with Crippen LogP contribution >= 0.6 is 35.3 Å². The Kier molecular flexibility index (Phi) is 6.83. The van der Waals surface area contributed by atoms with Crippen LogP contribution in [0.25, 0.3) is 10.6 Å². The van der Waals surface area contributed by atoms with E-state index in [1.54, 1.807) is 11.3 Å². The summed E-state index contributed by atoms with van der Waals surface area (Å²) in [5.74, 6) is 1.72. The maximum Gasteiger partial charge on any atom is 0.191 e. The van der Waals surface area contributed by atoms with Crippen LogP contribution in [0, 0.1) is 12.8 Å². The molecule has 1 heterocycles. The monoisotopic (exact) mass is 442 g/mol. The molecule has 0 unspecified atom stereocenters. The summed E-state index contributed by atoms with van der Waals surface area (Å²) in [6, 6.07) is 10.3. The number of aromatic nitrogens is 1. The highest BCUT2D eigenvalue weighted by Crippen LogP contribution is 2.28. The Morgan fingerprint density at radius 2 is 2.00 bits per heavy atom. The van der Waals surface area contributed by atoms with Crippen molar-refractivity contribution in [2.24, 2.45) is 10.9 Å². The lowest BCUT2D eigenvalue weighted by Crippen LogP contribution is -2.37. The van der Waals surface area contributed by atoms with Crippen molar-refractivity contribution < 1.29 is 0 Å². The van der Waals surface area contributed by atoms with Gasteiger partial charge in [-0.25, -0.2) is 4.98 Å². The zero-order valence-electron chi connectivity index (χ0n) is 13.5. The number of hydrogen-bond acceptors (Lipinski definition) is 3. The molecule has 1 aliphatic rings. The SMILES string of the molecule is CN=C(NCc1sc(-c2ccccc2)nc1C)NCC1CC1.I. The molecule has 0 spiro atoms. The zero-order chi connectivity index (χ0) is 15.4. The molecule has 0 amide bonds. The Balaban J connectivity index is 0.00000192. The van der Waals surface area contributed by atoms with Crippen molar-refractivity contribution in [1.82, 2.24) is 15.6 Å². The number of aliphatic imine (C=N–C) groups is 1. The van der Waals surface area contributed by atoms with Crippen molar-refractivity contribution >= 4 is 41.3 Å². The van der Waals surface area contributed by atoms with Crippen molar-refractivity contribution in [3.05, 3.63) is 40.9 Å². The van der Waals surface area contributed by atoms with Crippen LogP contribution < -0.4 is 10.6 Å². The number of nitrogens with one attached hydrogen (secondary N) is 2. The van der Waals surface area contributed by atoms with E-state index >= 15 is 0 Å². The molecule has 1 fully saturated rings. The smallest absolute Gasteiger partial charge is 0.191 e. The Morgan fingerprint density at radius 3 is 2.65 bits per heavy atom. The van der Waals surface area contributed by atoms with Gasteiger partial charge in [0, 0.05) is 24.0 Å². The molecule has 0 atom stereocenters. The molecule has 23 heavy (non-hydrogen) atoms. The van der Waals surface area contributed by atoms with E-state index in [4.69, 9.17) is 0 Å². The van der Waals surface area contributed by atoms with Crippen LogP contribution in [0.5, 0.6) is 0 Å². The predicted molar refractivity (Wildman–Crippen MR) is 109 cm³/mol. The van der Waals surface area contributed by atoms with E-state index in [2.05, 4.69) is 39.7 Å². The van der Waals surface area contributed by atoms with Crippen molar-refractivity contribution in [2.45, 2.75) is 26.3 Å². The van der Waals surface area contributed by atoms with Crippen LogP contribution in [0.2, 0.25) is 0 Å². The minimum atomic E-state index is 0. The number of rotatable bonds is 5. The molecule has 6 heteroatoms. The average Bonchev–Trinajstić information content (AvgIpc) is 3.31. The van der Waals surface area contributed by atoms with E-state index in [0.717, 1.165) is 35.7 Å². The highest BCUT2D eigenvalue weighted by atomic mass is 127. The summed E-state index contributed by atoms with van der Waals surface area (Å²) in [5.41, 5.74) is 2.27. The molecule has 1 aliphatic carbocycles. The summed E-state index contributed by atoms with van der Waals surface area (Å²) in [5, 5.41) is 7.85. The maximum absolute atomic E-state index is 4.69. The third-order valence-electron chi connectivity index (χ3n) is 3.81. The van der Waals surface area contributed by atoms with Gasteiger partial charge >= 0.3 is 0 Å². The van der Waals surface area contributed by atoms with Gasteiger partial charge in [0.1, 0.15) is 5.01 Å². The van der Waals surface area contributed by atoms with E-state index in [1.807, 2.05) is 25.2 Å². The standard InChI is InChI=1S/C17H22N4S.HI/c1-12-15(11-20-17(18-2)19-10-13-8-9-13)22-16(21-12)14-6-4-3-5-7-14;/h3-7,13H,8-11H2,1-2H3,(H2,18,19,20);1H. The summed E-state index contributed by atoms with van der Waals surface area (Å²) < 4.78 is 0. The topological polar surface area (TPSA) is 49.3 Å². The van der Waals surface area contributed by atoms with Gasteiger partial charge in [0.2, 0.25) is 0 Å². The number of halogens is 1. The van der Waals surface area contributed by atoms with Crippen LogP contribution in [-0.2, 0) is 6.54 Å². The van der Waals surface area contributed by atoms with Crippen molar-refractivity contribution in [1.29, 1.82) is 0 Å². The first-order chi connectivity index (χ1) is 10.8. The molecule has 0 saturated heterocycles. The van der Waals surface area contributed by atoms with E-state index in [9.17, 15) is 0 Å². The number of hydrogen-bond donors (Lipinski definition) is 2. The molecule has 1 aromatic heterocycles. The Morgan fingerprint density at radius 1 is 1.26 bits per heavy atom. The number of aryl methyl sites for hydroxylation is 1. The second-order valence-corrected chi connectivity index (χ2v) is 6.73. The summed E-state index contributed by atoms with van der Waals surface area (Å²) >= 11 is 1.75. The third kappa shape index (κ3) is 5.17. The van der Waals surface area contributed by atoms with Gasteiger partial charge < -0.3 is 10.6 Å². The van der Waals surface area contributed by atoms with E-state index in [1.165, 1.54) is 23.3 Å². The molecule has 0 radical (unpaired) electrons. The van der Waals surface area contributed by atoms with E-state index in [-0.39, 0.29) is 24.0 Å². The fourth-order valence-electron chi connectivity index (χ4n) is 2.24. The molecule has 0 bridgehead atoms. The molecular weight excluding hydrogens is 419 g/mol. The highest BCUT2D eigenvalue weighted by molar-refractivity contribution is 14.0. The Hall–Kier alpha value is -1.15.